The van der Waals surface area contributed by atoms with Crippen LogP contribution in [0.15, 0.2) is 71.4 Å². The molecular weight excluding hydrogens is 328 g/mol. The van der Waals surface area contributed by atoms with Gasteiger partial charge in [0.1, 0.15) is 0 Å². The SMILES string of the molecule is c1ccc2c(c1)C(=C1c3ccccc3-c3ccsc31)c1sccc1-2. The van der Waals surface area contributed by atoms with E-state index in [1.807, 2.05) is 22.7 Å². The van der Waals surface area contributed by atoms with Crippen molar-refractivity contribution in [1.29, 1.82) is 0 Å². The summed E-state index contributed by atoms with van der Waals surface area (Å²) in [5.74, 6) is 0. The summed E-state index contributed by atoms with van der Waals surface area (Å²) in [6, 6.07) is 22.2. The third-order valence-electron chi connectivity index (χ3n) is 5.01. The van der Waals surface area contributed by atoms with Crippen molar-refractivity contribution in [2.45, 2.75) is 0 Å². The maximum Gasteiger partial charge on any atom is 0.0434 e. The van der Waals surface area contributed by atoms with E-state index < -0.39 is 0 Å². The fraction of sp³-hybridized carbons (Fsp3) is 0. The summed E-state index contributed by atoms with van der Waals surface area (Å²) in [5, 5.41) is 4.44. The van der Waals surface area contributed by atoms with Gasteiger partial charge in [0.05, 0.1) is 0 Å². The second-order valence-electron chi connectivity index (χ2n) is 6.17. The molecule has 2 aromatic carbocycles. The van der Waals surface area contributed by atoms with Crippen LogP contribution in [0.2, 0.25) is 0 Å². The molecule has 0 fully saturated rings. The highest BCUT2D eigenvalue weighted by Crippen LogP contribution is 2.56. The molecule has 0 aliphatic heterocycles. The molecule has 0 N–H and O–H groups in total. The molecule has 2 heterocycles. The average molecular weight is 340 g/mol. The first-order valence-electron chi connectivity index (χ1n) is 8.03. The molecule has 112 valence electrons. The molecule has 24 heavy (non-hydrogen) atoms. The molecule has 0 saturated heterocycles. The second-order valence-corrected chi connectivity index (χ2v) is 8.00. The van der Waals surface area contributed by atoms with E-state index in [1.54, 1.807) is 0 Å². The Balaban J connectivity index is 1.82. The lowest BCUT2D eigenvalue weighted by atomic mass is 9.97. The molecule has 0 saturated carbocycles. The number of benzene rings is 2. The Morgan fingerprint density at radius 3 is 1.29 bits per heavy atom. The van der Waals surface area contributed by atoms with Gasteiger partial charge < -0.3 is 0 Å². The quantitative estimate of drug-likeness (QED) is 0.286. The molecule has 0 radical (unpaired) electrons. The van der Waals surface area contributed by atoms with Gasteiger partial charge in [-0.25, -0.2) is 0 Å². The smallest absolute Gasteiger partial charge is 0.0434 e. The van der Waals surface area contributed by atoms with Gasteiger partial charge in [-0.2, -0.15) is 0 Å². The minimum Gasteiger partial charge on any atom is -0.143 e. The fourth-order valence-electron chi connectivity index (χ4n) is 4.04. The van der Waals surface area contributed by atoms with Crippen molar-refractivity contribution >= 4 is 33.8 Å². The molecule has 0 atom stereocenters. The summed E-state index contributed by atoms with van der Waals surface area (Å²) in [5.41, 5.74) is 11.1. The third kappa shape index (κ3) is 1.48. The zero-order valence-corrected chi connectivity index (χ0v) is 14.4. The highest BCUT2D eigenvalue weighted by atomic mass is 32.1. The molecule has 2 heteroatoms. The topological polar surface area (TPSA) is 0 Å². The molecule has 4 aromatic rings. The highest BCUT2D eigenvalue weighted by molar-refractivity contribution is 7.13. The van der Waals surface area contributed by atoms with Crippen molar-refractivity contribution < 1.29 is 0 Å². The zero-order chi connectivity index (χ0) is 15.7. The molecule has 0 amide bonds. The van der Waals surface area contributed by atoms with Crippen LogP contribution in [0.4, 0.5) is 0 Å². The van der Waals surface area contributed by atoms with E-state index in [0.717, 1.165) is 0 Å². The van der Waals surface area contributed by atoms with E-state index in [-0.39, 0.29) is 0 Å². The van der Waals surface area contributed by atoms with Crippen LogP contribution in [-0.4, -0.2) is 0 Å². The van der Waals surface area contributed by atoms with Crippen LogP contribution in [0, 0.1) is 0 Å². The first kappa shape index (κ1) is 12.9. The monoisotopic (exact) mass is 340 g/mol. The zero-order valence-electron chi connectivity index (χ0n) is 12.7. The molecule has 0 bridgehead atoms. The molecule has 0 nitrogen and oxygen atoms in total. The van der Waals surface area contributed by atoms with Crippen molar-refractivity contribution in [2.24, 2.45) is 0 Å². The largest absolute Gasteiger partial charge is 0.143 e. The van der Waals surface area contributed by atoms with E-state index in [0.29, 0.717) is 0 Å². The first-order valence-corrected chi connectivity index (χ1v) is 9.79. The van der Waals surface area contributed by atoms with Crippen LogP contribution in [-0.2, 0) is 0 Å². The Hall–Kier alpha value is -2.42. The van der Waals surface area contributed by atoms with Gasteiger partial charge in [-0.15, -0.1) is 22.7 Å². The van der Waals surface area contributed by atoms with Crippen molar-refractivity contribution in [2.75, 3.05) is 0 Å². The van der Waals surface area contributed by atoms with Crippen LogP contribution in [0.3, 0.4) is 0 Å². The second kappa shape index (κ2) is 4.56. The molecule has 6 rings (SSSR count). The van der Waals surface area contributed by atoms with E-state index in [9.17, 15) is 0 Å². The lowest BCUT2D eigenvalue weighted by molar-refractivity contribution is 1.64. The lowest BCUT2D eigenvalue weighted by Gasteiger charge is -2.09. The normalized spacial score (nSPS) is 16.7. The van der Waals surface area contributed by atoms with Gasteiger partial charge in [0.15, 0.2) is 0 Å². The summed E-state index contributed by atoms with van der Waals surface area (Å²) >= 11 is 3.72. The minimum atomic E-state index is 1.37. The number of rotatable bonds is 0. The maximum absolute atomic E-state index is 2.28. The molecule has 2 aliphatic carbocycles. The van der Waals surface area contributed by atoms with Crippen LogP contribution in [0.1, 0.15) is 20.9 Å². The third-order valence-corrected chi connectivity index (χ3v) is 6.87. The minimum absolute atomic E-state index is 1.37. The highest BCUT2D eigenvalue weighted by Gasteiger charge is 2.33. The van der Waals surface area contributed by atoms with Crippen molar-refractivity contribution in [3.05, 3.63) is 92.3 Å². The summed E-state index contributed by atoms with van der Waals surface area (Å²) < 4.78 is 0. The van der Waals surface area contributed by atoms with Crippen molar-refractivity contribution in [3.8, 4) is 22.3 Å². The standard InChI is InChI=1S/C22H12S2/c1-3-7-15-13(5-1)17-9-11-23-21(17)19(15)20-16-8-4-2-6-14(16)18-10-12-24-22(18)20/h1-12H. The molecule has 2 aromatic heterocycles. The van der Waals surface area contributed by atoms with Gasteiger partial charge in [0, 0.05) is 32.0 Å². The van der Waals surface area contributed by atoms with Crippen LogP contribution >= 0.6 is 22.7 Å². The van der Waals surface area contributed by atoms with E-state index >= 15 is 0 Å². The Kier molecular flexibility index (Phi) is 2.46. The number of hydrogen-bond donors (Lipinski definition) is 0. The average Bonchev–Trinajstić information content (AvgIpc) is 3.36. The van der Waals surface area contributed by atoms with Gasteiger partial charge >= 0.3 is 0 Å². The Labute approximate surface area is 148 Å². The Morgan fingerprint density at radius 2 is 0.833 bits per heavy atom. The van der Waals surface area contributed by atoms with Crippen LogP contribution < -0.4 is 0 Å². The van der Waals surface area contributed by atoms with Crippen LogP contribution in [0.5, 0.6) is 0 Å². The summed E-state index contributed by atoms with van der Waals surface area (Å²) in [4.78, 5) is 2.84. The van der Waals surface area contributed by atoms with Gasteiger partial charge in [0.2, 0.25) is 0 Å². The van der Waals surface area contributed by atoms with E-state index in [2.05, 4.69) is 71.4 Å². The molecule has 0 spiro atoms. The van der Waals surface area contributed by atoms with Gasteiger partial charge in [-0.3, -0.25) is 0 Å². The first-order chi connectivity index (χ1) is 11.9. The molecular formula is C22H12S2. The van der Waals surface area contributed by atoms with Gasteiger partial charge in [-0.1, -0.05) is 48.5 Å². The summed E-state index contributed by atoms with van der Waals surface area (Å²) in [6.45, 7) is 0. The number of hydrogen-bond acceptors (Lipinski definition) is 2. The van der Waals surface area contributed by atoms with E-state index in [1.165, 1.54) is 54.3 Å². The predicted molar refractivity (Wildman–Crippen MR) is 105 cm³/mol. The van der Waals surface area contributed by atoms with Crippen LogP contribution in [0.25, 0.3) is 33.4 Å². The molecule has 2 aliphatic rings. The number of thiophene rings is 2. The Bertz CT molecular complexity index is 1060. The van der Waals surface area contributed by atoms with Crippen molar-refractivity contribution in [1.82, 2.24) is 0 Å². The predicted octanol–water partition coefficient (Wildman–Crippen LogP) is 6.78. The molecule has 0 unspecified atom stereocenters. The number of fused-ring (bicyclic) bond motifs is 6. The maximum atomic E-state index is 2.28. The fourth-order valence-corrected chi connectivity index (χ4v) is 5.99. The Morgan fingerprint density at radius 1 is 0.417 bits per heavy atom. The van der Waals surface area contributed by atoms with E-state index in [4.69, 9.17) is 0 Å². The van der Waals surface area contributed by atoms with Gasteiger partial charge in [0.25, 0.3) is 0 Å². The summed E-state index contributed by atoms with van der Waals surface area (Å²) in [7, 11) is 0. The van der Waals surface area contributed by atoms with Gasteiger partial charge in [-0.05, 0) is 45.1 Å². The summed E-state index contributed by atoms with van der Waals surface area (Å²) in [6.07, 6.45) is 0. The van der Waals surface area contributed by atoms with Crippen molar-refractivity contribution in [3.63, 3.8) is 0 Å². The lowest BCUT2D eigenvalue weighted by Crippen LogP contribution is -1.88.